The van der Waals surface area contributed by atoms with Crippen LogP contribution in [0, 0.1) is 0 Å². The molecular formula is C10H16ClN3O2S. The van der Waals surface area contributed by atoms with Gasteiger partial charge in [0.2, 0.25) is 0 Å². The lowest BCUT2D eigenvalue weighted by Crippen LogP contribution is -2.23. The number of halogens is 1. The van der Waals surface area contributed by atoms with Crippen molar-refractivity contribution in [3.63, 3.8) is 0 Å². The fraction of sp³-hybridized carbons (Fsp3) is 0.600. The summed E-state index contributed by atoms with van der Waals surface area (Å²) in [5, 5.41) is 3.49. The number of anilines is 1. The molecule has 1 heterocycles. The highest BCUT2D eigenvalue weighted by Gasteiger charge is 2.08. The quantitative estimate of drug-likeness (QED) is 0.798. The van der Waals surface area contributed by atoms with Crippen molar-refractivity contribution in [2.75, 3.05) is 24.4 Å². The van der Waals surface area contributed by atoms with Crippen LogP contribution in [-0.4, -0.2) is 39.3 Å². The molecule has 1 aromatic heterocycles. The molecule has 1 N–H and O–H groups in total. The molecule has 1 rings (SSSR count). The van der Waals surface area contributed by atoms with Crippen LogP contribution >= 0.6 is 11.6 Å². The minimum Gasteiger partial charge on any atom is -0.377 e. The zero-order chi connectivity index (χ0) is 12.8. The van der Waals surface area contributed by atoms with Crippen molar-refractivity contribution in [1.82, 2.24) is 9.97 Å². The molecule has 5 nitrogen and oxygen atoms in total. The van der Waals surface area contributed by atoms with Crippen LogP contribution in [-0.2, 0) is 22.1 Å². The molecule has 96 valence electrons. The summed E-state index contributed by atoms with van der Waals surface area (Å²) in [6, 6.07) is 1.69. The number of nitrogens with one attached hydrogen (secondary N) is 1. The van der Waals surface area contributed by atoms with Gasteiger partial charge in [-0.2, -0.15) is 0 Å². The lowest BCUT2D eigenvalue weighted by atomic mass is 10.4. The molecule has 0 aromatic carbocycles. The lowest BCUT2D eigenvalue weighted by Gasteiger charge is -2.13. The number of nitrogens with zero attached hydrogens (tertiary/aromatic N) is 2. The van der Waals surface area contributed by atoms with E-state index < -0.39 is 10.8 Å². The zero-order valence-corrected chi connectivity index (χ0v) is 11.6. The summed E-state index contributed by atoms with van der Waals surface area (Å²) in [4.78, 5) is 8.26. The first kappa shape index (κ1) is 14.3. The first-order chi connectivity index (χ1) is 8.01. The van der Waals surface area contributed by atoms with Crippen molar-refractivity contribution in [3.8, 4) is 0 Å². The molecule has 0 saturated heterocycles. The number of ether oxygens (including phenoxy) is 1. The van der Waals surface area contributed by atoms with Crippen LogP contribution in [0.15, 0.2) is 6.07 Å². The fourth-order valence-electron chi connectivity index (χ4n) is 1.38. The third-order valence-corrected chi connectivity index (χ3v) is 3.06. The molecule has 2 unspecified atom stereocenters. The molecule has 0 aliphatic rings. The summed E-state index contributed by atoms with van der Waals surface area (Å²) in [5.74, 6) is 1.70. The average Bonchev–Trinajstić information content (AvgIpc) is 2.14. The predicted octanol–water partition coefficient (Wildman–Crippen LogP) is 1.46. The summed E-state index contributed by atoms with van der Waals surface area (Å²) in [7, 11) is 0.723. The number of methoxy groups -OCH3 is 1. The van der Waals surface area contributed by atoms with Crippen LogP contribution in [0.1, 0.15) is 12.7 Å². The molecule has 17 heavy (non-hydrogen) atoms. The van der Waals surface area contributed by atoms with Crippen molar-refractivity contribution in [3.05, 3.63) is 17.0 Å². The van der Waals surface area contributed by atoms with Crippen LogP contribution in [0.4, 0.5) is 5.82 Å². The second-order valence-electron chi connectivity index (χ2n) is 3.71. The average molecular weight is 278 g/mol. The van der Waals surface area contributed by atoms with E-state index in [0.29, 0.717) is 29.2 Å². The zero-order valence-electron chi connectivity index (χ0n) is 10.1. The van der Waals surface area contributed by atoms with Crippen LogP contribution in [0.2, 0.25) is 5.15 Å². The second-order valence-corrected chi connectivity index (χ2v) is 5.58. The Morgan fingerprint density at radius 1 is 1.59 bits per heavy atom. The summed E-state index contributed by atoms with van der Waals surface area (Å²) in [6.45, 7) is 2.25. The van der Waals surface area contributed by atoms with Gasteiger partial charge in [0.1, 0.15) is 17.6 Å². The Kier molecular flexibility index (Phi) is 5.80. The van der Waals surface area contributed by atoms with E-state index in [-0.39, 0.29) is 6.04 Å². The van der Waals surface area contributed by atoms with Crippen molar-refractivity contribution < 1.29 is 8.95 Å². The summed E-state index contributed by atoms with van der Waals surface area (Å²) >= 11 is 5.87. The van der Waals surface area contributed by atoms with Gasteiger partial charge in [-0.15, -0.1) is 0 Å². The Labute approximate surface area is 108 Å². The first-order valence-corrected chi connectivity index (χ1v) is 7.20. The van der Waals surface area contributed by atoms with Crippen molar-refractivity contribution in [2.24, 2.45) is 0 Å². The Balaban J connectivity index is 2.72. The molecule has 0 fully saturated rings. The Morgan fingerprint density at radius 2 is 2.29 bits per heavy atom. The number of aromatic nitrogens is 2. The van der Waals surface area contributed by atoms with E-state index in [0.717, 1.165) is 0 Å². The van der Waals surface area contributed by atoms with Gasteiger partial charge in [-0.3, -0.25) is 4.21 Å². The number of rotatable bonds is 6. The number of hydrogen-bond acceptors (Lipinski definition) is 5. The number of hydrogen-bond donors (Lipinski definition) is 1. The Hall–Kier alpha value is -0.720. The topological polar surface area (TPSA) is 64.1 Å². The van der Waals surface area contributed by atoms with Gasteiger partial charge in [-0.05, 0) is 6.92 Å². The molecule has 1 aromatic rings. The maximum atomic E-state index is 11.1. The highest BCUT2D eigenvalue weighted by Crippen LogP contribution is 2.13. The summed E-state index contributed by atoms with van der Waals surface area (Å²) < 4.78 is 16.0. The van der Waals surface area contributed by atoms with Crippen LogP contribution < -0.4 is 5.32 Å². The molecule has 0 bridgehead atoms. The highest BCUT2D eigenvalue weighted by atomic mass is 35.5. The predicted molar refractivity (Wildman–Crippen MR) is 69.8 cm³/mol. The SMILES string of the molecule is COCc1nc(Cl)cc(NC(C)CS(C)=O)n1. The maximum absolute atomic E-state index is 11.1. The molecule has 0 radical (unpaired) electrons. The minimum atomic E-state index is -0.847. The molecule has 0 saturated carbocycles. The van der Waals surface area contributed by atoms with Gasteiger partial charge in [0.15, 0.2) is 5.82 Å². The van der Waals surface area contributed by atoms with Gasteiger partial charge in [0.05, 0.1) is 0 Å². The van der Waals surface area contributed by atoms with Gasteiger partial charge < -0.3 is 10.1 Å². The standard InChI is InChI=1S/C10H16ClN3O2S/c1-7(6-17(3)15)12-9-4-8(11)13-10(14-9)5-16-2/h4,7H,5-6H2,1-3H3,(H,12,13,14). The molecule has 2 atom stereocenters. The van der Waals surface area contributed by atoms with E-state index in [1.54, 1.807) is 19.4 Å². The largest absolute Gasteiger partial charge is 0.377 e. The van der Waals surface area contributed by atoms with Gasteiger partial charge in [0.25, 0.3) is 0 Å². The van der Waals surface area contributed by atoms with E-state index in [1.807, 2.05) is 6.92 Å². The van der Waals surface area contributed by atoms with E-state index in [1.165, 1.54) is 0 Å². The third kappa shape index (κ3) is 5.43. The third-order valence-electron chi connectivity index (χ3n) is 1.89. The van der Waals surface area contributed by atoms with E-state index >= 15 is 0 Å². The van der Waals surface area contributed by atoms with E-state index in [2.05, 4.69) is 15.3 Å². The highest BCUT2D eigenvalue weighted by molar-refractivity contribution is 7.84. The Morgan fingerprint density at radius 3 is 2.88 bits per heavy atom. The van der Waals surface area contributed by atoms with Crippen molar-refractivity contribution in [2.45, 2.75) is 19.6 Å². The van der Waals surface area contributed by atoms with Crippen LogP contribution in [0.3, 0.4) is 0 Å². The van der Waals surface area contributed by atoms with Crippen LogP contribution in [0.5, 0.6) is 0 Å². The molecule has 0 amide bonds. The molecule has 7 heteroatoms. The normalized spacial score (nSPS) is 14.4. The van der Waals surface area contributed by atoms with E-state index in [9.17, 15) is 4.21 Å². The summed E-state index contributed by atoms with van der Waals surface area (Å²) in [5.41, 5.74) is 0. The molecule has 0 spiro atoms. The van der Waals surface area contributed by atoms with Crippen LogP contribution in [0.25, 0.3) is 0 Å². The maximum Gasteiger partial charge on any atom is 0.158 e. The van der Waals surface area contributed by atoms with Crippen molar-refractivity contribution in [1.29, 1.82) is 0 Å². The van der Waals surface area contributed by atoms with E-state index in [4.69, 9.17) is 16.3 Å². The van der Waals surface area contributed by atoms with Gasteiger partial charge in [0, 0.05) is 42.0 Å². The molecule has 0 aliphatic heterocycles. The van der Waals surface area contributed by atoms with Gasteiger partial charge >= 0.3 is 0 Å². The smallest absolute Gasteiger partial charge is 0.158 e. The second kappa shape index (κ2) is 6.88. The summed E-state index contributed by atoms with van der Waals surface area (Å²) in [6.07, 6.45) is 1.67. The van der Waals surface area contributed by atoms with Gasteiger partial charge in [-0.25, -0.2) is 9.97 Å². The van der Waals surface area contributed by atoms with Crippen molar-refractivity contribution >= 4 is 28.2 Å². The fourth-order valence-corrected chi connectivity index (χ4v) is 2.37. The lowest BCUT2D eigenvalue weighted by molar-refractivity contribution is 0.178. The minimum absolute atomic E-state index is 0.0576. The first-order valence-electron chi connectivity index (χ1n) is 5.10. The van der Waals surface area contributed by atoms with Gasteiger partial charge in [-0.1, -0.05) is 11.6 Å². The Bertz CT molecular complexity index is 403. The monoisotopic (exact) mass is 277 g/mol. The molecule has 0 aliphatic carbocycles. The molecular weight excluding hydrogens is 262 g/mol.